The molecule has 0 amide bonds. The third-order valence-corrected chi connectivity index (χ3v) is 7.51. The molecule has 0 bridgehead atoms. The number of benzene rings is 1. The fourth-order valence-electron chi connectivity index (χ4n) is 5.25. The largest absolute Gasteiger partial charge is 0.236 e. The van der Waals surface area contributed by atoms with Crippen molar-refractivity contribution in [3.63, 3.8) is 0 Å². The summed E-state index contributed by atoms with van der Waals surface area (Å²) in [6.45, 7) is 4.57. The quantitative estimate of drug-likeness (QED) is 0.277. The van der Waals surface area contributed by atoms with Gasteiger partial charge in [-0.1, -0.05) is 115 Å². The summed E-state index contributed by atoms with van der Waals surface area (Å²) in [7, 11) is 0. The molecule has 0 radical (unpaired) electrons. The van der Waals surface area contributed by atoms with Gasteiger partial charge in [-0.25, -0.2) is 9.97 Å². The molecule has 1 heterocycles. The normalized spacial score (nSPS) is 18.7. The molecule has 0 N–H and O–H groups in total. The molecule has 2 heteroatoms. The molecule has 1 aliphatic carbocycles. The van der Waals surface area contributed by atoms with Gasteiger partial charge in [0.05, 0.1) is 0 Å². The second kappa shape index (κ2) is 14.4. The molecule has 1 aliphatic rings. The van der Waals surface area contributed by atoms with Crippen LogP contribution >= 0.6 is 0 Å². The Hall–Kier alpha value is -1.70. The van der Waals surface area contributed by atoms with Crippen LogP contribution < -0.4 is 0 Å². The van der Waals surface area contributed by atoms with Crippen LogP contribution in [0.15, 0.2) is 36.7 Å². The van der Waals surface area contributed by atoms with Crippen molar-refractivity contribution in [1.29, 1.82) is 0 Å². The number of hydrogen-bond donors (Lipinski definition) is 0. The molecule has 0 aliphatic heterocycles. The van der Waals surface area contributed by atoms with Gasteiger partial charge in [-0.05, 0) is 48.6 Å². The van der Waals surface area contributed by atoms with Crippen molar-refractivity contribution in [2.75, 3.05) is 0 Å². The monoisotopic (exact) mass is 434 g/mol. The molecule has 0 saturated heterocycles. The molecule has 2 aromatic rings. The van der Waals surface area contributed by atoms with E-state index >= 15 is 0 Å². The minimum absolute atomic E-state index is 0.854. The maximum Gasteiger partial charge on any atom is 0.159 e. The minimum atomic E-state index is 0.854. The van der Waals surface area contributed by atoms with E-state index in [1.165, 1.54) is 107 Å². The van der Waals surface area contributed by atoms with E-state index in [9.17, 15) is 0 Å². The third-order valence-electron chi connectivity index (χ3n) is 7.51. The van der Waals surface area contributed by atoms with Crippen LogP contribution in [0.5, 0.6) is 0 Å². The molecule has 0 spiro atoms. The fraction of sp³-hybridized carbons (Fsp3) is 0.667. The molecule has 0 unspecified atom stereocenters. The second-order valence-electron chi connectivity index (χ2n) is 10.2. The first kappa shape index (κ1) is 24.9. The first-order valence-electron chi connectivity index (χ1n) is 13.7. The van der Waals surface area contributed by atoms with Gasteiger partial charge in [-0.15, -0.1) is 0 Å². The Morgan fingerprint density at radius 1 is 0.625 bits per heavy atom. The van der Waals surface area contributed by atoms with E-state index in [4.69, 9.17) is 0 Å². The second-order valence-corrected chi connectivity index (χ2v) is 10.2. The Balaban J connectivity index is 1.38. The molecule has 1 aromatic carbocycles. The zero-order valence-electron chi connectivity index (χ0n) is 20.8. The van der Waals surface area contributed by atoms with Crippen LogP contribution in [0.25, 0.3) is 11.4 Å². The van der Waals surface area contributed by atoms with Crippen LogP contribution in [-0.4, -0.2) is 9.97 Å². The van der Waals surface area contributed by atoms with E-state index in [2.05, 4.69) is 48.1 Å². The third kappa shape index (κ3) is 8.68. The van der Waals surface area contributed by atoms with E-state index < -0.39 is 0 Å². The lowest BCUT2D eigenvalue weighted by atomic mass is 9.78. The molecule has 32 heavy (non-hydrogen) atoms. The van der Waals surface area contributed by atoms with E-state index in [1.54, 1.807) is 0 Å². The van der Waals surface area contributed by atoms with Gasteiger partial charge in [-0.3, -0.25) is 0 Å². The van der Waals surface area contributed by atoms with Gasteiger partial charge in [0.2, 0.25) is 0 Å². The fourth-order valence-corrected chi connectivity index (χ4v) is 5.25. The van der Waals surface area contributed by atoms with Gasteiger partial charge in [0.1, 0.15) is 0 Å². The molecular formula is C30H46N2. The number of nitrogens with zero attached hydrogens (tertiary/aromatic N) is 2. The molecule has 1 aromatic heterocycles. The number of rotatable bonds is 14. The predicted molar refractivity (Wildman–Crippen MR) is 138 cm³/mol. The van der Waals surface area contributed by atoms with Gasteiger partial charge in [0.25, 0.3) is 0 Å². The van der Waals surface area contributed by atoms with Crippen molar-refractivity contribution >= 4 is 0 Å². The lowest BCUT2D eigenvalue weighted by Crippen LogP contribution is -2.15. The maximum absolute atomic E-state index is 4.64. The van der Waals surface area contributed by atoms with Crippen molar-refractivity contribution in [2.45, 2.75) is 117 Å². The standard InChI is InChI=1S/C30H46N2/c1-3-5-7-8-10-12-28-23-31-30(32-24-28)29-21-19-27(20-22-29)18-17-26-15-13-25(14-16-26)11-9-6-4-2/h19-26H,3-18H2,1-2H3/t25-,26-. The Kier molecular flexibility index (Phi) is 11.3. The minimum Gasteiger partial charge on any atom is -0.236 e. The van der Waals surface area contributed by atoms with E-state index in [-0.39, 0.29) is 0 Å². The number of aromatic nitrogens is 2. The summed E-state index contributed by atoms with van der Waals surface area (Å²) >= 11 is 0. The number of aryl methyl sites for hydroxylation is 2. The van der Waals surface area contributed by atoms with Crippen LogP contribution in [0.3, 0.4) is 0 Å². The predicted octanol–water partition coefficient (Wildman–Crippen LogP) is 8.98. The highest BCUT2D eigenvalue weighted by Gasteiger charge is 2.20. The first-order valence-corrected chi connectivity index (χ1v) is 13.7. The van der Waals surface area contributed by atoms with Crippen LogP contribution in [-0.2, 0) is 12.8 Å². The lowest BCUT2D eigenvalue weighted by Gasteiger charge is -2.28. The molecule has 2 nitrogen and oxygen atoms in total. The Labute approximate surface area is 197 Å². The van der Waals surface area contributed by atoms with Gasteiger partial charge in [0, 0.05) is 18.0 Å². The van der Waals surface area contributed by atoms with Crippen molar-refractivity contribution in [1.82, 2.24) is 9.97 Å². The molecule has 3 rings (SSSR count). The maximum atomic E-state index is 4.64. The molecule has 1 saturated carbocycles. The SMILES string of the molecule is CCCCCCCc1cnc(-c2ccc(CC[C@H]3CC[C@H](CCCCC)CC3)cc2)nc1. The number of hydrogen-bond acceptors (Lipinski definition) is 2. The topological polar surface area (TPSA) is 25.8 Å². The summed E-state index contributed by atoms with van der Waals surface area (Å²) in [5.74, 6) is 2.81. The van der Waals surface area contributed by atoms with Crippen molar-refractivity contribution in [3.05, 3.63) is 47.8 Å². The zero-order valence-corrected chi connectivity index (χ0v) is 20.8. The van der Waals surface area contributed by atoms with Crippen molar-refractivity contribution in [3.8, 4) is 11.4 Å². The average molecular weight is 435 g/mol. The Morgan fingerprint density at radius 3 is 1.88 bits per heavy atom. The summed E-state index contributed by atoms with van der Waals surface area (Å²) < 4.78 is 0. The first-order chi connectivity index (χ1) is 15.8. The van der Waals surface area contributed by atoms with E-state index in [0.29, 0.717) is 0 Å². The Bertz CT molecular complexity index is 726. The van der Waals surface area contributed by atoms with Crippen LogP contribution in [0.2, 0.25) is 0 Å². The van der Waals surface area contributed by atoms with Crippen LogP contribution in [0, 0.1) is 11.8 Å². The van der Waals surface area contributed by atoms with Crippen LogP contribution in [0.1, 0.15) is 115 Å². The summed E-state index contributed by atoms with van der Waals surface area (Å²) in [5, 5.41) is 0. The Morgan fingerprint density at radius 2 is 1.22 bits per heavy atom. The highest BCUT2D eigenvalue weighted by molar-refractivity contribution is 5.55. The smallest absolute Gasteiger partial charge is 0.159 e. The zero-order chi connectivity index (χ0) is 22.4. The van der Waals surface area contributed by atoms with Crippen molar-refractivity contribution < 1.29 is 0 Å². The highest BCUT2D eigenvalue weighted by atomic mass is 14.9. The molecule has 1 fully saturated rings. The van der Waals surface area contributed by atoms with E-state index in [0.717, 1.165) is 29.6 Å². The highest BCUT2D eigenvalue weighted by Crippen LogP contribution is 2.34. The van der Waals surface area contributed by atoms with Crippen LogP contribution in [0.4, 0.5) is 0 Å². The van der Waals surface area contributed by atoms with Crippen molar-refractivity contribution in [2.24, 2.45) is 11.8 Å². The lowest BCUT2D eigenvalue weighted by molar-refractivity contribution is 0.249. The van der Waals surface area contributed by atoms with Gasteiger partial charge < -0.3 is 0 Å². The summed E-state index contributed by atoms with van der Waals surface area (Å²) in [6.07, 6.45) is 25.8. The van der Waals surface area contributed by atoms with Gasteiger partial charge >= 0.3 is 0 Å². The molecule has 176 valence electrons. The van der Waals surface area contributed by atoms with Gasteiger partial charge in [-0.2, -0.15) is 0 Å². The molecule has 0 atom stereocenters. The van der Waals surface area contributed by atoms with E-state index in [1.807, 2.05) is 12.4 Å². The molecular weight excluding hydrogens is 388 g/mol. The number of unbranched alkanes of at least 4 members (excludes halogenated alkanes) is 6. The average Bonchev–Trinajstić information content (AvgIpc) is 2.84. The van der Waals surface area contributed by atoms with Gasteiger partial charge in [0.15, 0.2) is 5.82 Å². The summed E-state index contributed by atoms with van der Waals surface area (Å²) in [5.41, 5.74) is 3.86. The summed E-state index contributed by atoms with van der Waals surface area (Å²) in [4.78, 5) is 9.27. The summed E-state index contributed by atoms with van der Waals surface area (Å²) in [6, 6.07) is 8.99.